The molecule has 0 aliphatic heterocycles. The molecular formula is C8H7Cl2N5. The lowest BCUT2D eigenvalue weighted by molar-refractivity contribution is 0.829. The van der Waals surface area contributed by atoms with Crippen LogP contribution in [0.5, 0.6) is 0 Å². The Morgan fingerprint density at radius 2 is 2.07 bits per heavy atom. The molecule has 0 bridgehead atoms. The fourth-order valence-electron chi connectivity index (χ4n) is 1.08. The Balaban J connectivity index is 2.58. The minimum atomic E-state index is 0.138. The minimum absolute atomic E-state index is 0.138. The number of aromatic nitrogens is 4. The van der Waals surface area contributed by atoms with Crippen molar-refractivity contribution in [1.29, 1.82) is 0 Å². The lowest BCUT2D eigenvalue weighted by Crippen LogP contribution is -2.03. The van der Waals surface area contributed by atoms with Crippen LogP contribution in [0.25, 0.3) is 5.82 Å². The molecule has 2 aromatic rings. The number of aryl methyl sites for hydroxylation is 1. The average molecular weight is 244 g/mol. The number of anilines is 1. The van der Waals surface area contributed by atoms with E-state index in [1.165, 1.54) is 10.9 Å². The van der Waals surface area contributed by atoms with Crippen molar-refractivity contribution in [3.8, 4) is 5.82 Å². The first kappa shape index (κ1) is 10.2. The molecule has 0 fully saturated rings. The second-order valence-electron chi connectivity index (χ2n) is 2.91. The molecule has 0 aliphatic rings. The molecule has 7 heteroatoms. The third-order valence-electron chi connectivity index (χ3n) is 1.80. The highest BCUT2D eigenvalue weighted by molar-refractivity contribution is 6.32. The monoisotopic (exact) mass is 243 g/mol. The van der Waals surface area contributed by atoms with Crippen molar-refractivity contribution in [2.75, 3.05) is 5.73 Å². The van der Waals surface area contributed by atoms with Gasteiger partial charge >= 0.3 is 0 Å². The van der Waals surface area contributed by atoms with Crippen LogP contribution in [0.3, 0.4) is 0 Å². The van der Waals surface area contributed by atoms with Crippen LogP contribution in [0.4, 0.5) is 5.95 Å². The second-order valence-corrected chi connectivity index (χ2v) is 3.72. The van der Waals surface area contributed by atoms with Crippen molar-refractivity contribution >= 4 is 29.2 Å². The molecule has 78 valence electrons. The lowest BCUT2D eigenvalue weighted by Gasteiger charge is -2.02. The van der Waals surface area contributed by atoms with Gasteiger partial charge in [0.2, 0.25) is 5.95 Å². The van der Waals surface area contributed by atoms with Gasteiger partial charge in [0.1, 0.15) is 5.02 Å². The van der Waals surface area contributed by atoms with E-state index in [9.17, 15) is 0 Å². The van der Waals surface area contributed by atoms with Crippen LogP contribution in [-0.4, -0.2) is 19.7 Å². The van der Waals surface area contributed by atoms with Gasteiger partial charge in [-0.1, -0.05) is 23.2 Å². The summed E-state index contributed by atoms with van der Waals surface area (Å²) in [6, 6.07) is 0. The molecule has 0 atom stereocenters. The smallest absolute Gasteiger partial charge is 0.222 e. The first-order valence-corrected chi connectivity index (χ1v) is 4.83. The molecular weight excluding hydrogens is 237 g/mol. The van der Waals surface area contributed by atoms with Crippen LogP contribution in [-0.2, 0) is 0 Å². The van der Waals surface area contributed by atoms with Crippen molar-refractivity contribution < 1.29 is 0 Å². The number of rotatable bonds is 1. The summed E-state index contributed by atoms with van der Waals surface area (Å²) in [5.41, 5.74) is 6.15. The highest BCUT2D eigenvalue weighted by Gasteiger charge is 2.09. The maximum absolute atomic E-state index is 5.91. The van der Waals surface area contributed by atoms with E-state index in [2.05, 4.69) is 15.1 Å². The Bertz CT molecular complexity index is 488. The summed E-state index contributed by atoms with van der Waals surface area (Å²) in [5, 5.41) is 5.05. The van der Waals surface area contributed by atoms with Gasteiger partial charge in [0.15, 0.2) is 5.82 Å². The van der Waals surface area contributed by atoms with E-state index in [0.29, 0.717) is 21.6 Å². The summed E-state index contributed by atoms with van der Waals surface area (Å²) < 4.78 is 1.47. The van der Waals surface area contributed by atoms with Gasteiger partial charge in [0.05, 0.1) is 23.1 Å². The number of nitrogen functional groups attached to an aromatic ring is 1. The average Bonchev–Trinajstić information content (AvgIpc) is 2.51. The van der Waals surface area contributed by atoms with Crippen molar-refractivity contribution in [2.45, 2.75) is 6.92 Å². The summed E-state index contributed by atoms with van der Waals surface area (Å²) in [4.78, 5) is 7.73. The minimum Gasteiger partial charge on any atom is -0.368 e. The molecule has 0 aliphatic carbocycles. The quantitative estimate of drug-likeness (QED) is 0.831. The number of hydrogen-bond donors (Lipinski definition) is 1. The maximum Gasteiger partial charge on any atom is 0.222 e. The first-order chi connectivity index (χ1) is 7.08. The van der Waals surface area contributed by atoms with Gasteiger partial charge in [-0.3, -0.25) is 0 Å². The third-order valence-corrected chi connectivity index (χ3v) is 2.44. The zero-order chi connectivity index (χ0) is 11.0. The Kier molecular flexibility index (Phi) is 2.50. The van der Waals surface area contributed by atoms with Gasteiger partial charge in [-0.25, -0.2) is 9.67 Å². The van der Waals surface area contributed by atoms with Crippen LogP contribution < -0.4 is 5.73 Å². The molecule has 0 unspecified atom stereocenters. The Morgan fingerprint density at radius 1 is 1.33 bits per heavy atom. The van der Waals surface area contributed by atoms with Gasteiger partial charge in [0.25, 0.3) is 0 Å². The van der Waals surface area contributed by atoms with Gasteiger partial charge in [-0.2, -0.15) is 10.1 Å². The molecule has 5 nitrogen and oxygen atoms in total. The van der Waals surface area contributed by atoms with Crippen LogP contribution >= 0.6 is 23.2 Å². The molecule has 0 spiro atoms. The normalized spacial score (nSPS) is 10.6. The van der Waals surface area contributed by atoms with E-state index in [1.54, 1.807) is 13.1 Å². The Labute approximate surface area is 95.8 Å². The number of hydrogen-bond acceptors (Lipinski definition) is 4. The van der Waals surface area contributed by atoms with Crippen LogP contribution in [0, 0.1) is 6.92 Å². The molecule has 2 N–H and O–H groups in total. The summed E-state index contributed by atoms with van der Waals surface area (Å²) >= 11 is 11.8. The fraction of sp³-hybridized carbons (Fsp3) is 0.125. The summed E-state index contributed by atoms with van der Waals surface area (Å²) in [6.07, 6.45) is 3.04. The van der Waals surface area contributed by atoms with Crippen molar-refractivity contribution in [3.05, 3.63) is 28.1 Å². The van der Waals surface area contributed by atoms with E-state index in [-0.39, 0.29) is 5.95 Å². The van der Waals surface area contributed by atoms with Gasteiger partial charge < -0.3 is 5.73 Å². The van der Waals surface area contributed by atoms with E-state index in [0.717, 1.165) is 0 Å². The molecule has 0 amide bonds. The van der Waals surface area contributed by atoms with Crippen molar-refractivity contribution in [3.63, 3.8) is 0 Å². The van der Waals surface area contributed by atoms with E-state index in [1.807, 2.05) is 0 Å². The van der Waals surface area contributed by atoms with Crippen LogP contribution in [0.1, 0.15) is 5.69 Å². The number of nitrogens with two attached hydrogens (primary N) is 1. The second kappa shape index (κ2) is 3.67. The molecule has 2 aromatic heterocycles. The number of halogens is 2. The molecule has 0 radical (unpaired) electrons. The van der Waals surface area contributed by atoms with E-state index in [4.69, 9.17) is 28.9 Å². The largest absolute Gasteiger partial charge is 0.368 e. The molecule has 15 heavy (non-hydrogen) atoms. The SMILES string of the molecule is Cc1nn(-c2nc(N)ncc2Cl)cc1Cl. The predicted molar refractivity (Wildman–Crippen MR) is 58.3 cm³/mol. The Hall–Kier alpha value is -1.33. The number of nitrogens with zero attached hydrogens (tertiary/aromatic N) is 4. The molecule has 0 saturated heterocycles. The standard InChI is InChI=1S/C8H7Cl2N5/c1-4-6(10)3-15(14-4)7-5(9)2-12-8(11)13-7/h2-3H,1H3,(H2,11,12,13). The molecule has 2 rings (SSSR count). The third kappa shape index (κ3) is 1.88. The molecule has 2 heterocycles. The zero-order valence-electron chi connectivity index (χ0n) is 7.78. The van der Waals surface area contributed by atoms with E-state index >= 15 is 0 Å². The maximum atomic E-state index is 5.91. The topological polar surface area (TPSA) is 69.6 Å². The molecule has 0 aromatic carbocycles. The van der Waals surface area contributed by atoms with Crippen molar-refractivity contribution in [2.24, 2.45) is 0 Å². The summed E-state index contributed by atoms with van der Waals surface area (Å²) in [5.74, 6) is 0.554. The highest BCUT2D eigenvalue weighted by atomic mass is 35.5. The van der Waals surface area contributed by atoms with Gasteiger partial charge in [-0.05, 0) is 6.92 Å². The van der Waals surface area contributed by atoms with Crippen LogP contribution in [0.2, 0.25) is 10.0 Å². The summed E-state index contributed by atoms with van der Waals surface area (Å²) in [7, 11) is 0. The van der Waals surface area contributed by atoms with Gasteiger partial charge in [-0.15, -0.1) is 0 Å². The fourth-order valence-corrected chi connectivity index (χ4v) is 1.39. The Morgan fingerprint density at radius 3 is 2.67 bits per heavy atom. The summed E-state index contributed by atoms with van der Waals surface area (Å²) in [6.45, 7) is 1.79. The first-order valence-electron chi connectivity index (χ1n) is 4.08. The van der Waals surface area contributed by atoms with Gasteiger partial charge in [0, 0.05) is 0 Å². The zero-order valence-corrected chi connectivity index (χ0v) is 9.29. The predicted octanol–water partition coefficient (Wildman–Crippen LogP) is 1.86. The van der Waals surface area contributed by atoms with Crippen LogP contribution in [0.15, 0.2) is 12.4 Å². The lowest BCUT2D eigenvalue weighted by atomic mass is 10.5. The highest BCUT2D eigenvalue weighted by Crippen LogP contribution is 2.20. The molecule has 0 saturated carbocycles. The van der Waals surface area contributed by atoms with E-state index < -0.39 is 0 Å². The van der Waals surface area contributed by atoms with Crippen molar-refractivity contribution in [1.82, 2.24) is 19.7 Å².